The summed E-state index contributed by atoms with van der Waals surface area (Å²) in [5, 5.41) is 3.38. The third-order valence-corrected chi connectivity index (χ3v) is 7.60. The van der Waals surface area contributed by atoms with E-state index in [1.807, 2.05) is 44.2 Å². The van der Waals surface area contributed by atoms with Crippen LogP contribution in [0.15, 0.2) is 48.7 Å². The lowest BCUT2D eigenvalue weighted by Crippen LogP contribution is -2.44. The Morgan fingerprint density at radius 3 is 2.58 bits per heavy atom. The van der Waals surface area contributed by atoms with Crippen LogP contribution in [0.25, 0.3) is 21.3 Å². The van der Waals surface area contributed by atoms with Crippen LogP contribution in [-0.4, -0.2) is 67.2 Å². The Hall–Kier alpha value is -3.89. The number of likely N-dealkylation sites (N-methyl/N-ethyl adjacent to an activating group) is 1. The number of hydrogen-bond acceptors (Lipinski definition) is 9. The van der Waals surface area contributed by atoms with E-state index in [-0.39, 0.29) is 6.10 Å². The Kier molecular flexibility index (Phi) is 7.35. The van der Waals surface area contributed by atoms with Gasteiger partial charge in [-0.25, -0.2) is 9.97 Å². The molecule has 0 atom stereocenters. The summed E-state index contributed by atoms with van der Waals surface area (Å²) < 4.78 is 12.4. The number of benzene rings is 2. The summed E-state index contributed by atoms with van der Waals surface area (Å²) >= 11 is 1.28. The molecule has 3 heterocycles. The molecule has 1 saturated heterocycles. The smallest absolute Gasteiger partial charge is 0.259 e. The molecule has 0 bridgehead atoms. The Labute approximate surface area is 226 Å². The lowest BCUT2D eigenvalue weighted by molar-refractivity contribution is 0.100. The third-order valence-electron chi connectivity index (χ3n) is 6.47. The van der Waals surface area contributed by atoms with Crippen molar-refractivity contribution in [1.82, 2.24) is 14.9 Å². The van der Waals surface area contributed by atoms with Crippen molar-refractivity contribution in [2.75, 3.05) is 50.6 Å². The van der Waals surface area contributed by atoms with E-state index in [0.29, 0.717) is 27.7 Å². The summed E-state index contributed by atoms with van der Waals surface area (Å²) in [4.78, 5) is 26.9. The molecule has 0 unspecified atom stereocenters. The Bertz CT molecular complexity index is 1460. The number of nitrogens with one attached hydrogen (secondary N) is 1. The number of piperazine rings is 1. The molecule has 10 heteroatoms. The first-order valence-electron chi connectivity index (χ1n) is 12.6. The second-order valence-corrected chi connectivity index (χ2v) is 10.6. The number of primary amides is 1. The van der Waals surface area contributed by atoms with Crippen molar-refractivity contribution in [2.45, 2.75) is 20.0 Å². The van der Waals surface area contributed by atoms with Gasteiger partial charge in [-0.1, -0.05) is 18.2 Å². The number of hydrogen-bond donors (Lipinski definition) is 2. The van der Waals surface area contributed by atoms with Crippen LogP contribution in [0.4, 0.5) is 17.3 Å². The number of ether oxygens (including phenoxy) is 2. The number of amides is 1. The van der Waals surface area contributed by atoms with Crippen LogP contribution in [0.5, 0.6) is 11.5 Å². The standard InChI is InChI=1S/C28H32N6O3S/c1-17(2)37-22-10-9-18(34-13-11-33(3)12-14-34)15-20(22)31-28-30-16-23-25(32-28)24(26(38-23)27(29)35)19-7-5-6-8-21(19)36-4/h5-10,15-17H,11-14H2,1-4H3,(H2,29,35)(H,30,31,32). The van der Waals surface area contributed by atoms with Crippen molar-refractivity contribution in [3.05, 3.63) is 53.5 Å². The molecule has 0 spiro atoms. The van der Waals surface area contributed by atoms with Gasteiger partial charge in [0.05, 0.1) is 35.3 Å². The van der Waals surface area contributed by atoms with Gasteiger partial charge in [0.15, 0.2) is 0 Å². The summed E-state index contributed by atoms with van der Waals surface area (Å²) in [6, 6.07) is 13.7. The number of thiophene rings is 1. The Morgan fingerprint density at radius 1 is 1.11 bits per heavy atom. The summed E-state index contributed by atoms with van der Waals surface area (Å²) in [5.74, 6) is 1.23. The highest BCUT2D eigenvalue weighted by Gasteiger charge is 2.23. The molecule has 38 heavy (non-hydrogen) atoms. The molecule has 1 amide bonds. The molecule has 0 saturated carbocycles. The van der Waals surface area contributed by atoms with Gasteiger partial charge in [0.25, 0.3) is 5.91 Å². The van der Waals surface area contributed by atoms with Gasteiger partial charge in [-0.15, -0.1) is 11.3 Å². The van der Waals surface area contributed by atoms with Gasteiger partial charge in [-0.2, -0.15) is 0 Å². The molecule has 4 aromatic rings. The summed E-state index contributed by atoms with van der Waals surface area (Å²) in [6.07, 6.45) is 1.72. The van der Waals surface area contributed by atoms with Gasteiger partial charge in [0, 0.05) is 43.0 Å². The van der Waals surface area contributed by atoms with Crippen molar-refractivity contribution in [3.8, 4) is 22.6 Å². The van der Waals surface area contributed by atoms with E-state index in [1.165, 1.54) is 11.3 Å². The first kappa shape index (κ1) is 25.7. The average Bonchev–Trinajstić information content (AvgIpc) is 3.29. The molecule has 0 aliphatic carbocycles. The minimum Gasteiger partial charge on any atom is -0.496 e. The van der Waals surface area contributed by atoms with E-state index in [2.05, 4.69) is 39.3 Å². The molecule has 1 aliphatic heterocycles. The lowest BCUT2D eigenvalue weighted by atomic mass is 10.0. The maximum Gasteiger partial charge on any atom is 0.259 e. The zero-order chi connectivity index (χ0) is 26.8. The lowest BCUT2D eigenvalue weighted by Gasteiger charge is -2.34. The van der Waals surface area contributed by atoms with Crippen LogP contribution < -0.4 is 25.4 Å². The molecule has 9 nitrogen and oxygen atoms in total. The highest BCUT2D eigenvalue weighted by molar-refractivity contribution is 7.21. The van der Waals surface area contributed by atoms with E-state index in [1.54, 1.807) is 13.3 Å². The van der Waals surface area contributed by atoms with E-state index in [9.17, 15) is 4.79 Å². The Balaban J connectivity index is 1.57. The number of fused-ring (bicyclic) bond motifs is 1. The molecule has 5 rings (SSSR count). The van der Waals surface area contributed by atoms with Crippen LogP contribution in [0.3, 0.4) is 0 Å². The first-order chi connectivity index (χ1) is 18.3. The number of nitrogens with two attached hydrogens (primary N) is 1. The molecular formula is C28H32N6O3S. The molecule has 0 radical (unpaired) electrons. The van der Waals surface area contributed by atoms with Crippen molar-refractivity contribution < 1.29 is 14.3 Å². The van der Waals surface area contributed by atoms with Gasteiger partial charge in [0.1, 0.15) is 16.4 Å². The van der Waals surface area contributed by atoms with Crippen LogP contribution in [0, 0.1) is 0 Å². The van der Waals surface area contributed by atoms with Crippen LogP contribution in [0.1, 0.15) is 23.5 Å². The molecule has 3 N–H and O–H groups in total. The first-order valence-corrected chi connectivity index (χ1v) is 13.4. The van der Waals surface area contributed by atoms with Crippen molar-refractivity contribution >= 4 is 44.8 Å². The number of carbonyl (C=O) groups excluding carboxylic acids is 1. The second-order valence-electron chi connectivity index (χ2n) is 9.54. The zero-order valence-corrected chi connectivity index (χ0v) is 22.8. The largest absolute Gasteiger partial charge is 0.496 e. The zero-order valence-electron chi connectivity index (χ0n) is 22.0. The number of rotatable bonds is 8. The SMILES string of the molecule is COc1ccccc1-c1c(C(N)=O)sc2cnc(Nc3cc(N4CCN(C)CC4)ccc3OC(C)C)nc12. The predicted octanol–water partition coefficient (Wildman–Crippen LogP) is 4.75. The fraction of sp³-hybridized carbons (Fsp3) is 0.321. The van der Waals surface area contributed by atoms with Gasteiger partial charge in [0.2, 0.25) is 5.95 Å². The van der Waals surface area contributed by atoms with Gasteiger partial charge in [-0.05, 0) is 45.2 Å². The minimum absolute atomic E-state index is 0.000538. The average molecular weight is 533 g/mol. The molecule has 2 aromatic carbocycles. The van der Waals surface area contributed by atoms with E-state index in [4.69, 9.17) is 20.2 Å². The predicted molar refractivity (Wildman–Crippen MR) is 153 cm³/mol. The Morgan fingerprint density at radius 2 is 1.87 bits per heavy atom. The number of anilines is 3. The van der Waals surface area contributed by atoms with Crippen LogP contribution in [0.2, 0.25) is 0 Å². The number of para-hydroxylation sites is 1. The van der Waals surface area contributed by atoms with Gasteiger partial charge >= 0.3 is 0 Å². The second kappa shape index (κ2) is 10.8. The number of nitrogens with zero attached hydrogens (tertiary/aromatic N) is 4. The quantitative estimate of drug-likeness (QED) is 0.335. The fourth-order valence-electron chi connectivity index (χ4n) is 4.58. The summed E-state index contributed by atoms with van der Waals surface area (Å²) in [6.45, 7) is 7.93. The van der Waals surface area contributed by atoms with Crippen molar-refractivity contribution in [1.29, 1.82) is 0 Å². The van der Waals surface area contributed by atoms with Crippen LogP contribution in [-0.2, 0) is 0 Å². The van der Waals surface area contributed by atoms with Crippen LogP contribution >= 0.6 is 11.3 Å². The summed E-state index contributed by atoms with van der Waals surface area (Å²) in [5.41, 5.74) is 9.69. The molecule has 1 aliphatic rings. The third kappa shape index (κ3) is 5.23. The molecule has 2 aromatic heterocycles. The maximum atomic E-state index is 12.4. The molecule has 1 fully saturated rings. The highest BCUT2D eigenvalue weighted by atomic mass is 32.1. The maximum absolute atomic E-state index is 12.4. The van der Waals surface area contributed by atoms with Gasteiger partial charge in [-0.3, -0.25) is 4.79 Å². The number of carbonyl (C=O) groups is 1. The van der Waals surface area contributed by atoms with E-state index in [0.717, 1.165) is 53.6 Å². The monoisotopic (exact) mass is 532 g/mol. The topological polar surface area (TPSA) is 106 Å². The number of methoxy groups -OCH3 is 1. The fourth-order valence-corrected chi connectivity index (χ4v) is 5.56. The van der Waals surface area contributed by atoms with E-state index < -0.39 is 5.91 Å². The normalized spacial score (nSPS) is 14.2. The van der Waals surface area contributed by atoms with Crippen molar-refractivity contribution in [3.63, 3.8) is 0 Å². The highest BCUT2D eigenvalue weighted by Crippen LogP contribution is 2.42. The molecule has 198 valence electrons. The van der Waals surface area contributed by atoms with Crippen molar-refractivity contribution in [2.24, 2.45) is 5.73 Å². The minimum atomic E-state index is -0.518. The van der Waals surface area contributed by atoms with E-state index >= 15 is 0 Å². The summed E-state index contributed by atoms with van der Waals surface area (Å²) in [7, 11) is 3.74. The molecular weight excluding hydrogens is 500 g/mol. The van der Waals surface area contributed by atoms with Gasteiger partial charge < -0.3 is 30.3 Å². The number of aromatic nitrogens is 2.